The van der Waals surface area contributed by atoms with Gasteiger partial charge in [-0.15, -0.1) is 0 Å². The van der Waals surface area contributed by atoms with Crippen molar-refractivity contribution in [1.82, 2.24) is 5.32 Å². The lowest BCUT2D eigenvalue weighted by molar-refractivity contribution is -0.154. The molecule has 2 N–H and O–H groups in total. The van der Waals surface area contributed by atoms with Gasteiger partial charge in [0, 0.05) is 6.92 Å². The second-order valence-electron chi connectivity index (χ2n) is 3.35. The first-order valence-corrected chi connectivity index (χ1v) is 5.35. The van der Waals surface area contributed by atoms with Crippen LogP contribution in [0.2, 0.25) is 0 Å². The molecule has 0 saturated carbocycles. The van der Waals surface area contributed by atoms with E-state index in [1.807, 2.05) is 0 Å². The number of carbonyl (C=O) groups excluding carboxylic acids is 3. The van der Waals surface area contributed by atoms with E-state index in [0.717, 1.165) is 6.92 Å². The summed E-state index contributed by atoms with van der Waals surface area (Å²) in [6.45, 7) is 2.40. The molecule has 1 amide bonds. The van der Waals surface area contributed by atoms with Crippen molar-refractivity contribution in [2.75, 3.05) is 0 Å². The van der Waals surface area contributed by atoms with Crippen LogP contribution in [0, 0.1) is 0 Å². The highest BCUT2D eigenvalue weighted by Gasteiger charge is 2.26. The van der Waals surface area contributed by atoms with Gasteiger partial charge < -0.3 is 19.7 Å². The van der Waals surface area contributed by atoms with Gasteiger partial charge >= 0.3 is 17.9 Å². The van der Waals surface area contributed by atoms with Crippen molar-refractivity contribution in [3.05, 3.63) is 0 Å². The zero-order chi connectivity index (χ0) is 14.3. The maximum Gasteiger partial charge on any atom is 0.326 e. The van der Waals surface area contributed by atoms with Crippen molar-refractivity contribution < 1.29 is 33.5 Å². The molecule has 102 valence electrons. The van der Waals surface area contributed by atoms with Crippen molar-refractivity contribution >= 4 is 33.3 Å². The third-order valence-electron chi connectivity index (χ3n) is 1.83. The van der Waals surface area contributed by atoms with Crippen LogP contribution in [-0.2, 0) is 28.4 Å². The highest BCUT2D eigenvalue weighted by atomic mass is 31.0. The van der Waals surface area contributed by atoms with E-state index < -0.39 is 42.4 Å². The van der Waals surface area contributed by atoms with E-state index in [0.29, 0.717) is 0 Å². The minimum Gasteiger partial charge on any atom is -0.480 e. The fourth-order valence-corrected chi connectivity index (χ4v) is 1.10. The Morgan fingerprint density at radius 3 is 2.28 bits per heavy atom. The third kappa shape index (κ3) is 6.15. The molecule has 0 aliphatic heterocycles. The summed E-state index contributed by atoms with van der Waals surface area (Å²) in [5.41, 5.74) is 0. The smallest absolute Gasteiger partial charge is 0.326 e. The molecule has 3 atom stereocenters. The molecular formula is C9H14NO7P. The van der Waals surface area contributed by atoms with Gasteiger partial charge in [-0.1, -0.05) is 0 Å². The van der Waals surface area contributed by atoms with E-state index in [2.05, 4.69) is 14.6 Å². The van der Waals surface area contributed by atoms with E-state index in [1.54, 1.807) is 9.47 Å². The minimum atomic E-state index is -1.44. The molecule has 0 aliphatic carbocycles. The van der Waals surface area contributed by atoms with Gasteiger partial charge in [0.1, 0.15) is 6.04 Å². The van der Waals surface area contributed by atoms with Gasteiger partial charge in [0.25, 0.3) is 5.91 Å². The Labute approximate surface area is 105 Å². The molecule has 0 aromatic carbocycles. The van der Waals surface area contributed by atoms with Gasteiger partial charge in [0.2, 0.25) is 0 Å². The van der Waals surface area contributed by atoms with Crippen LogP contribution in [0.25, 0.3) is 0 Å². The van der Waals surface area contributed by atoms with Crippen molar-refractivity contribution in [2.24, 2.45) is 0 Å². The molecule has 0 aromatic rings. The minimum absolute atomic E-state index is 0.530. The van der Waals surface area contributed by atoms with Crippen LogP contribution in [-0.4, -0.2) is 41.1 Å². The fourth-order valence-electron chi connectivity index (χ4n) is 1.01. The summed E-state index contributed by atoms with van der Waals surface area (Å²) >= 11 is 0. The molecular weight excluding hydrogens is 265 g/mol. The number of esters is 1. The zero-order valence-electron chi connectivity index (χ0n) is 9.84. The van der Waals surface area contributed by atoms with Crippen LogP contribution >= 0.6 is 9.47 Å². The van der Waals surface area contributed by atoms with Gasteiger partial charge in [-0.2, -0.15) is 0 Å². The first-order valence-electron chi connectivity index (χ1n) is 4.87. The molecule has 8 nitrogen and oxygen atoms in total. The summed E-state index contributed by atoms with van der Waals surface area (Å²) in [4.78, 5) is 43.8. The largest absolute Gasteiger partial charge is 0.480 e. The van der Waals surface area contributed by atoms with Gasteiger partial charge in [-0.3, -0.25) is 14.4 Å². The zero-order valence-corrected chi connectivity index (χ0v) is 11.0. The Morgan fingerprint density at radius 1 is 1.33 bits per heavy atom. The number of nitrogens with one attached hydrogen (secondary N) is 1. The first kappa shape index (κ1) is 16.3. The Morgan fingerprint density at radius 2 is 1.89 bits per heavy atom. The maximum absolute atomic E-state index is 11.5. The molecule has 1 unspecified atom stereocenters. The van der Waals surface area contributed by atoms with Crippen LogP contribution < -0.4 is 5.32 Å². The Bertz CT molecular complexity index is 357. The molecule has 0 aromatic heterocycles. The summed E-state index contributed by atoms with van der Waals surface area (Å²) in [6, 6.07) is -1.44. The lowest BCUT2D eigenvalue weighted by Crippen LogP contribution is -2.46. The Hall–Kier alpha value is -1.69. The quantitative estimate of drug-likeness (QED) is 0.484. The van der Waals surface area contributed by atoms with Crippen LogP contribution in [0.5, 0.6) is 0 Å². The molecule has 0 bridgehead atoms. The van der Waals surface area contributed by atoms with E-state index in [9.17, 15) is 19.2 Å². The van der Waals surface area contributed by atoms with Crippen LogP contribution in [0.3, 0.4) is 0 Å². The SMILES string of the molecule is CC(=O)O[C@@H](C)C(=O)N[C@@H](CC(=O)OP)C(=O)O. The molecule has 0 saturated heterocycles. The lowest BCUT2D eigenvalue weighted by Gasteiger charge is -2.16. The Balaban J connectivity index is 4.49. The van der Waals surface area contributed by atoms with E-state index in [-0.39, 0.29) is 0 Å². The number of aliphatic carboxylic acids is 1. The number of amides is 1. The molecule has 0 spiro atoms. The highest BCUT2D eigenvalue weighted by molar-refractivity contribution is 7.10. The van der Waals surface area contributed by atoms with E-state index in [4.69, 9.17) is 5.11 Å². The van der Waals surface area contributed by atoms with Gasteiger partial charge in [-0.25, -0.2) is 4.79 Å². The Kier molecular flexibility index (Phi) is 6.89. The summed E-state index contributed by atoms with van der Waals surface area (Å²) in [6.07, 6.45) is -1.67. The molecule has 18 heavy (non-hydrogen) atoms. The molecule has 0 rings (SSSR count). The number of hydrogen-bond acceptors (Lipinski definition) is 6. The lowest BCUT2D eigenvalue weighted by atomic mass is 10.2. The molecule has 0 fully saturated rings. The van der Waals surface area contributed by atoms with Crippen LogP contribution in [0.4, 0.5) is 0 Å². The summed E-state index contributed by atoms with van der Waals surface area (Å²) in [5.74, 6) is -3.69. The van der Waals surface area contributed by atoms with Crippen molar-refractivity contribution in [1.29, 1.82) is 0 Å². The first-order chi connectivity index (χ1) is 8.27. The summed E-state index contributed by atoms with van der Waals surface area (Å²) < 4.78 is 8.77. The van der Waals surface area contributed by atoms with E-state index in [1.165, 1.54) is 6.92 Å². The molecule has 0 radical (unpaired) electrons. The molecule has 0 heterocycles. The second-order valence-corrected chi connectivity index (χ2v) is 3.58. The number of ether oxygens (including phenoxy) is 1. The van der Waals surface area contributed by atoms with Crippen LogP contribution in [0.1, 0.15) is 20.3 Å². The van der Waals surface area contributed by atoms with Gasteiger partial charge in [-0.05, 0) is 6.92 Å². The number of carboxylic acids is 1. The topological polar surface area (TPSA) is 119 Å². The summed E-state index contributed by atoms with van der Waals surface area (Å²) in [7, 11) is 1.68. The monoisotopic (exact) mass is 279 g/mol. The number of carboxylic acid groups (broad SMARTS) is 1. The normalized spacial score (nSPS) is 13.1. The maximum atomic E-state index is 11.5. The van der Waals surface area contributed by atoms with Crippen molar-refractivity contribution in [3.8, 4) is 0 Å². The second kappa shape index (κ2) is 7.60. The number of hydrogen-bond donors (Lipinski definition) is 2. The van der Waals surface area contributed by atoms with Crippen molar-refractivity contribution in [3.63, 3.8) is 0 Å². The molecule has 9 heteroatoms. The number of carbonyl (C=O) groups is 4. The van der Waals surface area contributed by atoms with Crippen LogP contribution in [0.15, 0.2) is 0 Å². The standard InChI is InChI=1S/C9H14NO7P/c1-4(16-5(2)11)8(13)10-6(9(14)15)3-7(12)17-18/h4,6H,3,18H2,1-2H3,(H,10,13)(H,14,15)/t4-,6-/m0/s1. The van der Waals surface area contributed by atoms with E-state index >= 15 is 0 Å². The highest BCUT2D eigenvalue weighted by Crippen LogP contribution is 2.01. The predicted molar refractivity (Wildman–Crippen MR) is 61.2 cm³/mol. The summed E-state index contributed by atoms with van der Waals surface area (Å²) in [5, 5.41) is 10.9. The van der Waals surface area contributed by atoms with Gasteiger partial charge in [0.05, 0.1) is 15.9 Å². The average Bonchev–Trinajstić information content (AvgIpc) is 2.26. The average molecular weight is 279 g/mol. The molecule has 0 aliphatic rings. The van der Waals surface area contributed by atoms with Gasteiger partial charge in [0.15, 0.2) is 6.10 Å². The fraction of sp³-hybridized carbons (Fsp3) is 0.556. The number of rotatable bonds is 6. The van der Waals surface area contributed by atoms with Crippen molar-refractivity contribution in [2.45, 2.75) is 32.4 Å². The third-order valence-corrected chi connectivity index (χ3v) is 2.09. The predicted octanol–water partition coefficient (Wildman–Crippen LogP) is -0.769.